The minimum absolute atomic E-state index is 0.127. The molecule has 1 aliphatic heterocycles. The quantitative estimate of drug-likeness (QED) is 0.915. The first-order valence-corrected chi connectivity index (χ1v) is 8.77. The zero-order chi connectivity index (χ0) is 16.5. The van der Waals surface area contributed by atoms with Crippen LogP contribution in [0.2, 0.25) is 0 Å². The van der Waals surface area contributed by atoms with Gasteiger partial charge < -0.3 is 9.64 Å². The number of sulfonamides is 1. The smallest absolute Gasteiger partial charge is 0.240 e. The van der Waals surface area contributed by atoms with Gasteiger partial charge in [-0.05, 0) is 31.0 Å². The van der Waals surface area contributed by atoms with Gasteiger partial charge in [-0.3, -0.25) is 4.79 Å². The summed E-state index contributed by atoms with van der Waals surface area (Å²) in [5.74, 6) is 0.600. The fourth-order valence-corrected chi connectivity index (χ4v) is 3.48. The van der Waals surface area contributed by atoms with Gasteiger partial charge in [-0.15, -0.1) is 0 Å². The van der Waals surface area contributed by atoms with Crippen LogP contribution in [0.5, 0.6) is 5.75 Å². The largest absolute Gasteiger partial charge is 0.487 e. The Kier molecular flexibility index (Phi) is 4.77. The molecule has 7 heteroatoms. The van der Waals surface area contributed by atoms with Crippen molar-refractivity contribution >= 4 is 21.6 Å². The molecule has 0 saturated heterocycles. The number of amides is 1. The lowest BCUT2D eigenvalue weighted by molar-refractivity contribution is -0.117. The maximum Gasteiger partial charge on any atom is 0.240 e. The number of benzene rings is 1. The molecule has 1 aromatic rings. The Balaban J connectivity index is 2.38. The third-order valence-corrected chi connectivity index (χ3v) is 4.78. The van der Waals surface area contributed by atoms with E-state index in [9.17, 15) is 13.2 Å². The summed E-state index contributed by atoms with van der Waals surface area (Å²) in [5.41, 5.74) is 0.498. The third kappa shape index (κ3) is 3.59. The second-order valence-electron chi connectivity index (χ2n) is 5.93. The summed E-state index contributed by atoms with van der Waals surface area (Å²) >= 11 is 0. The molecule has 1 aromatic carbocycles. The molecule has 1 heterocycles. The van der Waals surface area contributed by atoms with Crippen LogP contribution in [0.25, 0.3) is 0 Å². The van der Waals surface area contributed by atoms with Crippen molar-refractivity contribution in [2.45, 2.75) is 38.7 Å². The average molecular weight is 326 g/mol. The van der Waals surface area contributed by atoms with Gasteiger partial charge in [0.1, 0.15) is 11.9 Å². The SMILES string of the molecule is CC(=O)N1CC(C)Oc2ccc(S(=O)(=O)NCC(C)C)cc21. The van der Waals surface area contributed by atoms with Gasteiger partial charge in [-0.2, -0.15) is 0 Å². The van der Waals surface area contributed by atoms with Crippen LogP contribution >= 0.6 is 0 Å². The van der Waals surface area contributed by atoms with Crippen LogP contribution < -0.4 is 14.4 Å². The monoisotopic (exact) mass is 326 g/mol. The second-order valence-corrected chi connectivity index (χ2v) is 7.70. The van der Waals surface area contributed by atoms with E-state index in [4.69, 9.17) is 4.74 Å². The lowest BCUT2D eigenvalue weighted by atomic mass is 10.2. The van der Waals surface area contributed by atoms with Gasteiger partial charge in [-0.1, -0.05) is 13.8 Å². The molecule has 0 spiro atoms. The van der Waals surface area contributed by atoms with Crippen molar-refractivity contribution < 1.29 is 17.9 Å². The fraction of sp³-hybridized carbons (Fsp3) is 0.533. The lowest BCUT2D eigenvalue weighted by Gasteiger charge is -2.33. The van der Waals surface area contributed by atoms with Gasteiger partial charge in [0.15, 0.2) is 0 Å². The fourth-order valence-electron chi connectivity index (χ4n) is 2.24. The Labute approximate surface area is 131 Å². The average Bonchev–Trinajstić information content (AvgIpc) is 2.43. The number of rotatable bonds is 4. The molecule has 0 radical (unpaired) electrons. The molecule has 2 rings (SSSR count). The number of carbonyl (C=O) groups excluding carboxylic acids is 1. The van der Waals surface area contributed by atoms with Crippen molar-refractivity contribution in [3.63, 3.8) is 0 Å². The highest BCUT2D eigenvalue weighted by atomic mass is 32.2. The van der Waals surface area contributed by atoms with Crippen molar-refractivity contribution in [3.8, 4) is 5.75 Å². The maximum atomic E-state index is 12.3. The number of nitrogens with zero attached hydrogens (tertiary/aromatic N) is 1. The van der Waals surface area contributed by atoms with Gasteiger partial charge in [0.25, 0.3) is 0 Å². The van der Waals surface area contributed by atoms with E-state index < -0.39 is 10.0 Å². The van der Waals surface area contributed by atoms with E-state index in [1.54, 1.807) is 11.0 Å². The van der Waals surface area contributed by atoms with Crippen molar-refractivity contribution in [2.75, 3.05) is 18.0 Å². The van der Waals surface area contributed by atoms with Gasteiger partial charge in [0.05, 0.1) is 17.1 Å². The number of ether oxygens (including phenoxy) is 1. The molecular weight excluding hydrogens is 304 g/mol. The standard InChI is InChI=1S/C15H22N2O4S/c1-10(2)8-16-22(19,20)13-5-6-15-14(7-13)17(12(4)18)9-11(3)21-15/h5-7,10-11,16H,8-9H2,1-4H3. The van der Waals surface area contributed by atoms with E-state index in [0.29, 0.717) is 24.5 Å². The van der Waals surface area contributed by atoms with Gasteiger partial charge in [0, 0.05) is 13.5 Å². The Morgan fingerprint density at radius 3 is 2.73 bits per heavy atom. The Bertz CT molecular complexity index is 670. The minimum Gasteiger partial charge on any atom is -0.487 e. The van der Waals surface area contributed by atoms with Gasteiger partial charge >= 0.3 is 0 Å². The number of anilines is 1. The van der Waals surface area contributed by atoms with E-state index in [2.05, 4.69) is 4.72 Å². The Hall–Kier alpha value is -1.60. The van der Waals surface area contributed by atoms with Crippen LogP contribution in [0.4, 0.5) is 5.69 Å². The molecule has 1 aliphatic rings. The van der Waals surface area contributed by atoms with Crippen LogP contribution in [0.3, 0.4) is 0 Å². The summed E-state index contributed by atoms with van der Waals surface area (Å²) in [6.45, 7) is 7.96. The molecule has 1 unspecified atom stereocenters. The highest BCUT2D eigenvalue weighted by Crippen LogP contribution is 2.35. The molecule has 0 fully saturated rings. The number of hydrogen-bond donors (Lipinski definition) is 1. The Morgan fingerprint density at radius 2 is 2.14 bits per heavy atom. The summed E-state index contributed by atoms with van der Waals surface area (Å²) in [6, 6.07) is 4.59. The van der Waals surface area contributed by atoms with Crippen molar-refractivity contribution in [1.82, 2.24) is 4.72 Å². The van der Waals surface area contributed by atoms with Crippen LogP contribution in [0.1, 0.15) is 27.7 Å². The zero-order valence-electron chi connectivity index (χ0n) is 13.3. The number of carbonyl (C=O) groups is 1. The minimum atomic E-state index is -3.59. The zero-order valence-corrected chi connectivity index (χ0v) is 14.1. The van der Waals surface area contributed by atoms with Crippen LogP contribution in [0.15, 0.2) is 23.1 Å². The van der Waals surface area contributed by atoms with E-state index in [1.165, 1.54) is 19.1 Å². The number of nitrogens with one attached hydrogen (secondary N) is 1. The van der Waals surface area contributed by atoms with Gasteiger partial charge in [0.2, 0.25) is 15.9 Å². The van der Waals surface area contributed by atoms with Gasteiger partial charge in [-0.25, -0.2) is 13.1 Å². The molecule has 6 nitrogen and oxygen atoms in total. The first-order valence-electron chi connectivity index (χ1n) is 7.29. The molecule has 1 amide bonds. The highest BCUT2D eigenvalue weighted by molar-refractivity contribution is 7.89. The predicted molar refractivity (Wildman–Crippen MR) is 84.6 cm³/mol. The molecule has 1 N–H and O–H groups in total. The summed E-state index contributed by atoms with van der Waals surface area (Å²) in [5, 5.41) is 0. The predicted octanol–water partition coefficient (Wildman–Crippen LogP) is 1.75. The molecule has 122 valence electrons. The second kappa shape index (κ2) is 6.26. The summed E-state index contributed by atoms with van der Waals surface area (Å²) in [7, 11) is -3.59. The Morgan fingerprint density at radius 1 is 1.45 bits per heavy atom. The number of hydrogen-bond acceptors (Lipinski definition) is 4. The lowest BCUT2D eigenvalue weighted by Crippen LogP contribution is -2.41. The van der Waals surface area contributed by atoms with E-state index in [1.807, 2.05) is 20.8 Å². The third-order valence-electron chi connectivity index (χ3n) is 3.36. The molecule has 22 heavy (non-hydrogen) atoms. The topological polar surface area (TPSA) is 75.7 Å². The van der Waals surface area contributed by atoms with E-state index in [0.717, 1.165) is 0 Å². The van der Waals surface area contributed by atoms with Crippen molar-refractivity contribution in [3.05, 3.63) is 18.2 Å². The molecule has 0 bridgehead atoms. The number of fused-ring (bicyclic) bond motifs is 1. The summed E-state index contributed by atoms with van der Waals surface area (Å²) < 4.78 is 32.8. The first kappa shape index (κ1) is 16.8. The van der Waals surface area contributed by atoms with E-state index in [-0.39, 0.29) is 22.8 Å². The molecule has 0 aromatic heterocycles. The van der Waals surface area contributed by atoms with Crippen molar-refractivity contribution in [1.29, 1.82) is 0 Å². The van der Waals surface area contributed by atoms with Crippen LogP contribution in [-0.4, -0.2) is 33.5 Å². The highest BCUT2D eigenvalue weighted by Gasteiger charge is 2.27. The molecule has 1 atom stereocenters. The summed E-state index contributed by atoms with van der Waals surface area (Å²) in [4.78, 5) is 13.5. The van der Waals surface area contributed by atoms with E-state index >= 15 is 0 Å². The van der Waals surface area contributed by atoms with Crippen LogP contribution in [0, 0.1) is 5.92 Å². The maximum absolute atomic E-state index is 12.3. The molecule has 0 aliphatic carbocycles. The normalized spacial score (nSPS) is 18.0. The summed E-state index contributed by atoms with van der Waals surface area (Å²) in [6.07, 6.45) is -0.127. The first-order chi connectivity index (χ1) is 10.2. The molecule has 0 saturated carbocycles. The van der Waals surface area contributed by atoms with Crippen molar-refractivity contribution in [2.24, 2.45) is 5.92 Å². The molecular formula is C15H22N2O4S. The van der Waals surface area contributed by atoms with Crippen LogP contribution in [-0.2, 0) is 14.8 Å².